The fourth-order valence-electron chi connectivity index (χ4n) is 1.63. The first-order valence-electron chi connectivity index (χ1n) is 5.41. The summed E-state index contributed by atoms with van der Waals surface area (Å²) in [4.78, 5) is 0. The van der Waals surface area contributed by atoms with Crippen LogP contribution >= 0.6 is 12.4 Å². The van der Waals surface area contributed by atoms with Crippen molar-refractivity contribution in [2.24, 2.45) is 11.7 Å². The SMILES string of the molecule is CC(C)C[C@@H](O)[C@@H](N)c1cc(F)c(F)cc1F.Cl. The Labute approximate surface area is 110 Å². The first-order chi connectivity index (χ1) is 7.82. The van der Waals surface area contributed by atoms with Crippen LogP contribution in [0.25, 0.3) is 0 Å². The van der Waals surface area contributed by atoms with Gasteiger partial charge in [0.25, 0.3) is 0 Å². The molecular formula is C12H17ClF3NO. The fourth-order valence-corrected chi connectivity index (χ4v) is 1.63. The highest BCUT2D eigenvalue weighted by atomic mass is 35.5. The van der Waals surface area contributed by atoms with Gasteiger partial charge in [-0.05, 0) is 18.4 Å². The number of hydrogen-bond acceptors (Lipinski definition) is 2. The van der Waals surface area contributed by atoms with Crippen molar-refractivity contribution >= 4 is 12.4 Å². The van der Waals surface area contributed by atoms with E-state index in [2.05, 4.69) is 0 Å². The number of nitrogens with two attached hydrogens (primary N) is 1. The summed E-state index contributed by atoms with van der Waals surface area (Å²) in [6.07, 6.45) is -0.631. The van der Waals surface area contributed by atoms with Crippen molar-refractivity contribution in [3.8, 4) is 0 Å². The van der Waals surface area contributed by atoms with Crippen LogP contribution in [0.15, 0.2) is 12.1 Å². The molecule has 1 aromatic rings. The number of rotatable bonds is 4. The van der Waals surface area contributed by atoms with Gasteiger partial charge >= 0.3 is 0 Å². The van der Waals surface area contributed by atoms with Crippen LogP contribution in [0, 0.1) is 23.4 Å². The Hall–Kier alpha value is -0.780. The molecule has 0 amide bonds. The van der Waals surface area contributed by atoms with Crippen LogP contribution in [0.5, 0.6) is 0 Å². The monoisotopic (exact) mass is 283 g/mol. The average Bonchev–Trinajstić information content (AvgIpc) is 2.21. The molecule has 0 radical (unpaired) electrons. The largest absolute Gasteiger partial charge is 0.391 e. The highest BCUT2D eigenvalue weighted by molar-refractivity contribution is 5.85. The summed E-state index contributed by atoms with van der Waals surface area (Å²) in [5.41, 5.74) is 5.42. The molecule has 0 heterocycles. The molecule has 0 bridgehead atoms. The highest BCUT2D eigenvalue weighted by Crippen LogP contribution is 2.24. The molecule has 2 atom stereocenters. The average molecular weight is 284 g/mol. The normalized spacial score (nSPS) is 14.2. The molecule has 3 N–H and O–H groups in total. The minimum Gasteiger partial charge on any atom is -0.391 e. The molecule has 104 valence electrons. The Morgan fingerprint density at radius 3 is 2.11 bits per heavy atom. The summed E-state index contributed by atoms with van der Waals surface area (Å²) in [6.45, 7) is 3.75. The lowest BCUT2D eigenvalue weighted by molar-refractivity contribution is 0.119. The predicted molar refractivity (Wildman–Crippen MR) is 66.0 cm³/mol. The number of benzene rings is 1. The van der Waals surface area contributed by atoms with E-state index in [4.69, 9.17) is 5.73 Å². The number of halogens is 4. The second-order valence-electron chi connectivity index (χ2n) is 4.51. The van der Waals surface area contributed by atoms with Crippen LogP contribution in [-0.4, -0.2) is 11.2 Å². The molecule has 2 nitrogen and oxygen atoms in total. The molecule has 0 unspecified atom stereocenters. The van der Waals surface area contributed by atoms with Gasteiger partial charge in [0.15, 0.2) is 11.6 Å². The zero-order chi connectivity index (χ0) is 13.2. The highest BCUT2D eigenvalue weighted by Gasteiger charge is 2.22. The van der Waals surface area contributed by atoms with E-state index in [1.807, 2.05) is 13.8 Å². The van der Waals surface area contributed by atoms with Crippen LogP contribution in [0.1, 0.15) is 31.9 Å². The molecular weight excluding hydrogens is 267 g/mol. The first kappa shape index (κ1) is 17.2. The second-order valence-corrected chi connectivity index (χ2v) is 4.51. The lowest BCUT2D eigenvalue weighted by atomic mass is 9.95. The van der Waals surface area contributed by atoms with E-state index >= 15 is 0 Å². The third-order valence-corrected chi connectivity index (χ3v) is 2.53. The standard InChI is InChI=1S/C12H16F3NO.ClH/c1-6(2)3-11(17)12(16)7-4-9(14)10(15)5-8(7)13;/h4-6,11-12,17H,3,16H2,1-2H3;1H/t11-,12+;/m1./s1. The Morgan fingerprint density at radius 1 is 1.11 bits per heavy atom. The molecule has 0 spiro atoms. The molecule has 0 fully saturated rings. The third kappa shape index (κ3) is 4.15. The maximum atomic E-state index is 13.4. The minimum atomic E-state index is -1.27. The van der Waals surface area contributed by atoms with E-state index in [1.165, 1.54) is 0 Å². The van der Waals surface area contributed by atoms with Crippen LogP contribution in [0.4, 0.5) is 13.2 Å². The third-order valence-electron chi connectivity index (χ3n) is 2.53. The molecule has 0 aromatic heterocycles. The van der Waals surface area contributed by atoms with E-state index in [-0.39, 0.29) is 23.9 Å². The van der Waals surface area contributed by atoms with Crippen molar-refractivity contribution in [3.05, 3.63) is 35.1 Å². The second kappa shape index (κ2) is 6.97. The molecule has 1 aromatic carbocycles. The van der Waals surface area contributed by atoms with Crippen molar-refractivity contribution in [1.29, 1.82) is 0 Å². The maximum Gasteiger partial charge on any atom is 0.161 e. The van der Waals surface area contributed by atoms with Gasteiger partial charge < -0.3 is 10.8 Å². The van der Waals surface area contributed by atoms with Crippen molar-refractivity contribution in [1.82, 2.24) is 0 Å². The number of aliphatic hydroxyl groups is 1. The van der Waals surface area contributed by atoms with Crippen molar-refractivity contribution in [2.45, 2.75) is 32.4 Å². The van der Waals surface area contributed by atoms with Crippen LogP contribution < -0.4 is 5.73 Å². The van der Waals surface area contributed by atoms with Gasteiger partial charge in [-0.15, -0.1) is 12.4 Å². The number of hydrogen-bond donors (Lipinski definition) is 2. The van der Waals surface area contributed by atoms with E-state index in [9.17, 15) is 18.3 Å². The van der Waals surface area contributed by atoms with Gasteiger partial charge in [-0.25, -0.2) is 13.2 Å². The molecule has 0 aliphatic heterocycles. The van der Waals surface area contributed by atoms with Gasteiger partial charge in [-0.3, -0.25) is 0 Å². The lowest BCUT2D eigenvalue weighted by Gasteiger charge is -2.21. The summed E-state index contributed by atoms with van der Waals surface area (Å²) < 4.78 is 39.1. The lowest BCUT2D eigenvalue weighted by Crippen LogP contribution is -2.28. The van der Waals surface area contributed by atoms with Crippen molar-refractivity contribution < 1.29 is 18.3 Å². The predicted octanol–water partition coefficient (Wildman–Crippen LogP) is 2.93. The first-order valence-corrected chi connectivity index (χ1v) is 5.41. The summed E-state index contributed by atoms with van der Waals surface area (Å²) >= 11 is 0. The molecule has 0 saturated carbocycles. The molecule has 0 aliphatic carbocycles. The zero-order valence-electron chi connectivity index (χ0n) is 10.2. The van der Waals surface area contributed by atoms with Crippen molar-refractivity contribution in [3.63, 3.8) is 0 Å². The van der Waals surface area contributed by atoms with Gasteiger partial charge in [0, 0.05) is 11.6 Å². The molecule has 18 heavy (non-hydrogen) atoms. The Kier molecular flexibility index (Phi) is 6.67. The van der Waals surface area contributed by atoms with Gasteiger partial charge in [-0.1, -0.05) is 13.8 Å². The molecule has 1 rings (SSSR count). The Morgan fingerprint density at radius 2 is 1.61 bits per heavy atom. The van der Waals surface area contributed by atoms with Crippen LogP contribution in [0.2, 0.25) is 0 Å². The minimum absolute atomic E-state index is 0. The summed E-state index contributed by atoms with van der Waals surface area (Å²) in [6, 6.07) is 0.0680. The van der Waals surface area contributed by atoms with Gasteiger partial charge in [-0.2, -0.15) is 0 Å². The topological polar surface area (TPSA) is 46.2 Å². The molecule has 6 heteroatoms. The smallest absolute Gasteiger partial charge is 0.161 e. The Bertz CT molecular complexity index is 401. The van der Waals surface area contributed by atoms with E-state index in [0.29, 0.717) is 18.6 Å². The van der Waals surface area contributed by atoms with Crippen LogP contribution in [-0.2, 0) is 0 Å². The summed E-state index contributed by atoms with van der Waals surface area (Å²) in [5, 5.41) is 9.72. The fraction of sp³-hybridized carbons (Fsp3) is 0.500. The maximum absolute atomic E-state index is 13.4. The van der Waals surface area contributed by atoms with Crippen LogP contribution in [0.3, 0.4) is 0 Å². The van der Waals surface area contributed by atoms with Gasteiger partial charge in [0.05, 0.1) is 12.1 Å². The van der Waals surface area contributed by atoms with Gasteiger partial charge in [0.1, 0.15) is 5.82 Å². The molecule has 0 saturated heterocycles. The van der Waals surface area contributed by atoms with Gasteiger partial charge in [0.2, 0.25) is 0 Å². The Balaban J connectivity index is 0.00000289. The summed E-state index contributed by atoms with van der Waals surface area (Å²) in [7, 11) is 0. The van der Waals surface area contributed by atoms with Crippen molar-refractivity contribution in [2.75, 3.05) is 0 Å². The number of aliphatic hydroxyl groups excluding tert-OH is 1. The van der Waals surface area contributed by atoms with E-state index < -0.39 is 29.6 Å². The zero-order valence-corrected chi connectivity index (χ0v) is 11.0. The quantitative estimate of drug-likeness (QED) is 0.835. The van der Waals surface area contributed by atoms with E-state index in [1.54, 1.807) is 0 Å². The molecule has 0 aliphatic rings. The summed E-state index contributed by atoms with van der Waals surface area (Å²) in [5.74, 6) is -3.21. The van der Waals surface area contributed by atoms with E-state index in [0.717, 1.165) is 0 Å².